The van der Waals surface area contributed by atoms with Gasteiger partial charge >= 0.3 is 0 Å². The number of hydrogen-bond acceptors (Lipinski definition) is 4. The minimum absolute atomic E-state index is 0.0942. The Morgan fingerprint density at radius 2 is 2.00 bits per heavy atom. The van der Waals surface area contributed by atoms with Crippen LogP contribution >= 0.6 is 23.4 Å². The summed E-state index contributed by atoms with van der Waals surface area (Å²) in [6.07, 6.45) is 3.54. The highest BCUT2D eigenvalue weighted by Gasteiger charge is 2.12. The summed E-state index contributed by atoms with van der Waals surface area (Å²) in [5, 5.41) is 6.14. The Bertz CT molecular complexity index is 482. The molecule has 2 amide bonds. The molecule has 0 radical (unpaired) electrons. The van der Waals surface area contributed by atoms with Crippen molar-refractivity contribution in [1.29, 1.82) is 0 Å². The number of hydrogen-bond donors (Lipinski definition) is 3. The zero-order valence-electron chi connectivity index (χ0n) is 12.6. The molecular weight excluding hydrogens is 322 g/mol. The molecule has 0 spiro atoms. The van der Waals surface area contributed by atoms with Crippen LogP contribution in [-0.2, 0) is 9.59 Å². The molecule has 1 atom stereocenters. The molecule has 0 aliphatic carbocycles. The highest BCUT2D eigenvalue weighted by atomic mass is 35.5. The predicted octanol–water partition coefficient (Wildman–Crippen LogP) is 2.26. The number of halogens is 1. The Hall–Kier alpha value is -1.24. The maximum Gasteiger partial charge on any atom is 0.236 e. The lowest BCUT2D eigenvalue weighted by molar-refractivity contribution is -0.122. The summed E-state index contributed by atoms with van der Waals surface area (Å²) >= 11 is 7.43. The Balaban J connectivity index is 2.17. The van der Waals surface area contributed by atoms with Gasteiger partial charge in [-0.15, -0.1) is 0 Å². The fourth-order valence-corrected chi connectivity index (χ4v) is 2.34. The van der Waals surface area contributed by atoms with Crippen LogP contribution in [0, 0.1) is 0 Å². The minimum Gasteiger partial charge on any atom is -0.355 e. The van der Waals surface area contributed by atoms with Crippen molar-refractivity contribution in [3.63, 3.8) is 0 Å². The second-order valence-electron chi connectivity index (χ2n) is 4.84. The maximum atomic E-state index is 11.7. The number of thioether (sulfide) groups is 1. The number of nitrogens with one attached hydrogen (secondary N) is 2. The van der Waals surface area contributed by atoms with Gasteiger partial charge < -0.3 is 16.4 Å². The average molecular weight is 344 g/mol. The third kappa shape index (κ3) is 7.68. The second kappa shape index (κ2) is 10.5. The lowest BCUT2D eigenvalue weighted by Crippen LogP contribution is -2.41. The van der Waals surface area contributed by atoms with Crippen molar-refractivity contribution in [2.45, 2.75) is 25.3 Å². The van der Waals surface area contributed by atoms with Gasteiger partial charge in [-0.25, -0.2) is 0 Å². The quantitative estimate of drug-likeness (QED) is 0.600. The first-order chi connectivity index (χ1) is 10.5. The van der Waals surface area contributed by atoms with Gasteiger partial charge in [-0.05, 0) is 49.1 Å². The van der Waals surface area contributed by atoms with Crippen LogP contribution in [0.25, 0.3) is 0 Å². The largest absolute Gasteiger partial charge is 0.355 e. The van der Waals surface area contributed by atoms with Gasteiger partial charge in [-0.1, -0.05) is 11.6 Å². The molecule has 1 rings (SSSR count). The monoisotopic (exact) mass is 343 g/mol. The fourth-order valence-electron chi connectivity index (χ4n) is 1.72. The molecule has 7 heteroatoms. The van der Waals surface area contributed by atoms with Gasteiger partial charge in [-0.2, -0.15) is 11.8 Å². The second-order valence-corrected chi connectivity index (χ2v) is 6.26. The van der Waals surface area contributed by atoms with Crippen molar-refractivity contribution in [1.82, 2.24) is 5.32 Å². The van der Waals surface area contributed by atoms with Crippen LogP contribution < -0.4 is 16.4 Å². The molecule has 0 saturated heterocycles. The summed E-state index contributed by atoms with van der Waals surface area (Å²) in [7, 11) is 0. The van der Waals surface area contributed by atoms with Gasteiger partial charge in [0.05, 0.1) is 6.04 Å². The molecule has 5 nitrogen and oxygen atoms in total. The number of benzene rings is 1. The molecule has 0 unspecified atom stereocenters. The smallest absolute Gasteiger partial charge is 0.236 e. The van der Waals surface area contributed by atoms with Crippen LogP contribution in [-0.4, -0.2) is 36.4 Å². The van der Waals surface area contributed by atoms with E-state index in [0.29, 0.717) is 36.5 Å². The standard InChI is InChI=1S/C15H22ClN3O2S/c1-22-10-8-13(17)15(21)18-9-2-3-14(20)19-12-6-4-11(16)5-7-12/h4-7,13H,2-3,8-10,17H2,1H3,(H,18,21)(H,19,20)/t13-/m0/s1. The van der Waals surface area contributed by atoms with E-state index < -0.39 is 6.04 Å². The van der Waals surface area contributed by atoms with E-state index in [1.54, 1.807) is 36.0 Å². The number of rotatable bonds is 9. The zero-order chi connectivity index (χ0) is 16.4. The summed E-state index contributed by atoms with van der Waals surface area (Å²) in [5.41, 5.74) is 6.45. The molecule has 0 bridgehead atoms. The molecule has 0 heterocycles. The van der Waals surface area contributed by atoms with Crippen LogP contribution in [0.3, 0.4) is 0 Å². The van der Waals surface area contributed by atoms with Crippen molar-refractivity contribution in [2.24, 2.45) is 5.73 Å². The van der Waals surface area contributed by atoms with Crippen molar-refractivity contribution in [2.75, 3.05) is 23.9 Å². The Morgan fingerprint density at radius 1 is 1.32 bits per heavy atom. The third-order valence-corrected chi connectivity index (χ3v) is 3.87. The molecule has 122 valence electrons. The van der Waals surface area contributed by atoms with E-state index in [-0.39, 0.29) is 11.8 Å². The molecule has 4 N–H and O–H groups in total. The Kier molecular flexibility index (Phi) is 8.96. The first kappa shape index (κ1) is 18.8. The van der Waals surface area contributed by atoms with Crippen molar-refractivity contribution >= 4 is 40.9 Å². The van der Waals surface area contributed by atoms with E-state index in [1.807, 2.05) is 6.26 Å². The highest BCUT2D eigenvalue weighted by Crippen LogP contribution is 2.13. The van der Waals surface area contributed by atoms with Crippen molar-refractivity contribution in [3.05, 3.63) is 29.3 Å². The number of carbonyl (C=O) groups excluding carboxylic acids is 2. The van der Waals surface area contributed by atoms with E-state index in [1.165, 1.54) is 0 Å². The lowest BCUT2D eigenvalue weighted by atomic mass is 10.2. The summed E-state index contributed by atoms with van der Waals surface area (Å²) in [5.74, 6) is 0.605. The molecule has 1 aromatic rings. The van der Waals surface area contributed by atoms with Crippen molar-refractivity contribution < 1.29 is 9.59 Å². The van der Waals surface area contributed by atoms with Gasteiger partial charge in [0.25, 0.3) is 0 Å². The van der Waals surface area contributed by atoms with E-state index in [2.05, 4.69) is 10.6 Å². The highest BCUT2D eigenvalue weighted by molar-refractivity contribution is 7.98. The van der Waals surface area contributed by atoms with Crippen LogP contribution in [0.2, 0.25) is 5.02 Å². The summed E-state index contributed by atoms with van der Waals surface area (Å²) in [4.78, 5) is 23.4. The van der Waals surface area contributed by atoms with E-state index >= 15 is 0 Å². The number of nitrogens with two attached hydrogens (primary N) is 1. The topological polar surface area (TPSA) is 84.2 Å². The Morgan fingerprint density at radius 3 is 2.64 bits per heavy atom. The molecular formula is C15H22ClN3O2S. The number of anilines is 1. The van der Waals surface area contributed by atoms with Crippen LogP contribution in [0.5, 0.6) is 0 Å². The first-order valence-electron chi connectivity index (χ1n) is 7.10. The van der Waals surface area contributed by atoms with E-state index in [4.69, 9.17) is 17.3 Å². The van der Waals surface area contributed by atoms with Gasteiger partial charge in [0.2, 0.25) is 11.8 Å². The lowest BCUT2D eigenvalue weighted by Gasteiger charge is -2.11. The van der Waals surface area contributed by atoms with E-state index in [0.717, 1.165) is 5.75 Å². The molecule has 22 heavy (non-hydrogen) atoms. The molecule has 0 aromatic heterocycles. The van der Waals surface area contributed by atoms with Gasteiger partial charge in [0, 0.05) is 23.7 Å². The van der Waals surface area contributed by atoms with Crippen LogP contribution in [0.4, 0.5) is 5.69 Å². The molecule has 0 aliphatic rings. The van der Waals surface area contributed by atoms with Crippen LogP contribution in [0.15, 0.2) is 24.3 Å². The predicted molar refractivity (Wildman–Crippen MR) is 93.3 cm³/mol. The summed E-state index contributed by atoms with van der Waals surface area (Å²) in [6, 6.07) is 6.44. The maximum absolute atomic E-state index is 11.7. The minimum atomic E-state index is -0.477. The molecule has 1 aromatic carbocycles. The first-order valence-corrected chi connectivity index (χ1v) is 8.87. The SMILES string of the molecule is CSCC[C@H](N)C(=O)NCCCC(=O)Nc1ccc(Cl)cc1. The molecule has 0 aliphatic heterocycles. The van der Waals surface area contributed by atoms with Crippen molar-refractivity contribution in [3.8, 4) is 0 Å². The third-order valence-electron chi connectivity index (χ3n) is 2.98. The summed E-state index contributed by atoms with van der Waals surface area (Å²) in [6.45, 7) is 0.444. The van der Waals surface area contributed by atoms with Gasteiger partial charge in [0.1, 0.15) is 0 Å². The zero-order valence-corrected chi connectivity index (χ0v) is 14.2. The van der Waals surface area contributed by atoms with Gasteiger partial charge in [-0.3, -0.25) is 9.59 Å². The Labute approximate surface area is 140 Å². The van der Waals surface area contributed by atoms with E-state index in [9.17, 15) is 9.59 Å². The molecule has 0 saturated carbocycles. The average Bonchev–Trinajstić information content (AvgIpc) is 2.51. The fraction of sp³-hybridized carbons (Fsp3) is 0.467. The number of amides is 2. The summed E-state index contributed by atoms with van der Waals surface area (Å²) < 4.78 is 0. The molecule has 0 fully saturated rings. The van der Waals surface area contributed by atoms with Crippen LogP contribution in [0.1, 0.15) is 19.3 Å². The van der Waals surface area contributed by atoms with Gasteiger partial charge in [0.15, 0.2) is 0 Å². The number of carbonyl (C=O) groups is 2. The normalized spacial score (nSPS) is 11.8.